The number of nitrogens with one attached hydrogen (secondary N) is 1. The van der Waals surface area contributed by atoms with Crippen molar-refractivity contribution in [2.24, 2.45) is 5.18 Å². The van der Waals surface area contributed by atoms with Crippen LogP contribution in [0.2, 0.25) is 0 Å². The molecule has 1 aromatic carbocycles. The molecule has 2 aromatic heterocycles. The highest BCUT2D eigenvalue weighted by molar-refractivity contribution is 5.81. The summed E-state index contributed by atoms with van der Waals surface area (Å²) in [4.78, 5) is 15.2. The van der Waals surface area contributed by atoms with Crippen LogP contribution in [-0.2, 0) is 12.0 Å². The molecule has 1 saturated heterocycles. The number of rotatable bonds is 4. The first kappa shape index (κ1) is 18.2. The topological polar surface area (TPSA) is 87.7 Å². The largest absolute Gasteiger partial charge is 0.457 e. The van der Waals surface area contributed by atoms with Crippen molar-refractivity contribution < 1.29 is 9.52 Å². The Balaban J connectivity index is 1.63. The highest BCUT2D eigenvalue weighted by atomic mass is 16.4. The number of aromatic nitrogens is 1. The number of aliphatic hydroxyl groups is 1. The Hall–Kier alpha value is -2.83. The van der Waals surface area contributed by atoms with Crippen molar-refractivity contribution in [1.82, 2.24) is 10.3 Å². The molecule has 0 bridgehead atoms. The van der Waals surface area contributed by atoms with Crippen LogP contribution in [0.4, 0.5) is 0 Å². The first-order valence-corrected chi connectivity index (χ1v) is 10.1. The maximum Gasteiger partial charge on any atom is 0.142 e. The predicted octanol–water partition coefficient (Wildman–Crippen LogP) is 4.33. The van der Waals surface area contributed by atoms with Gasteiger partial charge >= 0.3 is 0 Å². The summed E-state index contributed by atoms with van der Waals surface area (Å²) in [5.41, 5.74) is 4.12. The van der Waals surface area contributed by atoms with Gasteiger partial charge in [-0.3, -0.25) is 4.98 Å². The number of nitrogens with zero attached hydrogens (tertiary/aromatic N) is 2. The minimum absolute atomic E-state index is 0.242. The van der Waals surface area contributed by atoms with E-state index in [1.54, 1.807) is 12.4 Å². The molecule has 1 unspecified atom stereocenters. The number of piperidine rings is 1. The maximum absolute atomic E-state index is 11.2. The Morgan fingerprint density at radius 3 is 2.66 bits per heavy atom. The summed E-state index contributed by atoms with van der Waals surface area (Å²) in [6, 6.07) is 11.7. The normalized spacial score (nSPS) is 20.4. The third-order valence-corrected chi connectivity index (χ3v) is 6.19. The number of furan rings is 1. The van der Waals surface area contributed by atoms with Crippen molar-refractivity contribution in [1.29, 1.82) is 0 Å². The van der Waals surface area contributed by atoms with E-state index in [0.717, 1.165) is 59.5 Å². The van der Waals surface area contributed by atoms with Gasteiger partial charge in [0.05, 0.1) is 0 Å². The number of pyridine rings is 1. The molecule has 0 radical (unpaired) electrons. The average molecular weight is 389 g/mol. The van der Waals surface area contributed by atoms with Crippen LogP contribution in [0.25, 0.3) is 22.5 Å². The minimum Gasteiger partial charge on any atom is -0.457 e. The Morgan fingerprint density at radius 1 is 1.10 bits per heavy atom. The summed E-state index contributed by atoms with van der Waals surface area (Å²) < 4.78 is 6.29. The van der Waals surface area contributed by atoms with E-state index in [1.165, 1.54) is 0 Å². The SMILES string of the molecule is O=NC1CCc2cc(-c3cc(C4(O)CCNCC4)oc3-c3ccncc3)ccc21. The predicted molar refractivity (Wildman–Crippen MR) is 110 cm³/mol. The van der Waals surface area contributed by atoms with Gasteiger partial charge in [0, 0.05) is 23.5 Å². The van der Waals surface area contributed by atoms with E-state index in [-0.39, 0.29) is 6.04 Å². The average Bonchev–Trinajstić information content (AvgIpc) is 3.39. The molecular weight excluding hydrogens is 366 g/mol. The Bertz CT molecular complexity index is 1040. The van der Waals surface area contributed by atoms with Gasteiger partial charge in [-0.15, -0.1) is 0 Å². The number of fused-ring (bicyclic) bond motifs is 1. The van der Waals surface area contributed by atoms with Crippen LogP contribution in [0, 0.1) is 4.91 Å². The first-order chi connectivity index (χ1) is 14.2. The lowest BCUT2D eigenvalue weighted by Crippen LogP contribution is -2.39. The molecule has 1 atom stereocenters. The lowest BCUT2D eigenvalue weighted by Gasteiger charge is -2.30. The van der Waals surface area contributed by atoms with Gasteiger partial charge in [0.25, 0.3) is 0 Å². The Kier molecular flexibility index (Phi) is 4.53. The van der Waals surface area contributed by atoms with Crippen molar-refractivity contribution in [2.45, 2.75) is 37.3 Å². The fourth-order valence-corrected chi connectivity index (χ4v) is 4.51. The second-order valence-corrected chi connectivity index (χ2v) is 7.94. The monoisotopic (exact) mass is 389 g/mol. The van der Waals surface area contributed by atoms with Crippen LogP contribution in [0.1, 0.15) is 42.2 Å². The molecule has 6 nitrogen and oxygen atoms in total. The third kappa shape index (κ3) is 3.18. The second-order valence-electron chi connectivity index (χ2n) is 7.94. The highest BCUT2D eigenvalue weighted by Crippen LogP contribution is 2.43. The summed E-state index contributed by atoms with van der Waals surface area (Å²) in [7, 11) is 0. The zero-order valence-corrected chi connectivity index (χ0v) is 16.1. The fraction of sp³-hybridized carbons (Fsp3) is 0.348. The molecule has 2 N–H and O–H groups in total. The zero-order chi connectivity index (χ0) is 19.8. The molecule has 1 aliphatic heterocycles. The summed E-state index contributed by atoms with van der Waals surface area (Å²) >= 11 is 0. The third-order valence-electron chi connectivity index (χ3n) is 6.19. The van der Waals surface area contributed by atoms with Gasteiger partial charge in [-0.1, -0.05) is 23.4 Å². The molecule has 0 spiro atoms. The van der Waals surface area contributed by atoms with Crippen LogP contribution in [0.15, 0.2) is 58.4 Å². The van der Waals surface area contributed by atoms with Crippen molar-refractivity contribution in [2.75, 3.05) is 13.1 Å². The Labute approximate surface area is 169 Å². The number of nitroso groups, excluding NO2 is 1. The summed E-state index contributed by atoms with van der Waals surface area (Å²) in [5.74, 6) is 1.34. The molecule has 6 heteroatoms. The van der Waals surface area contributed by atoms with Gasteiger partial charge < -0.3 is 14.8 Å². The van der Waals surface area contributed by atoms with Crippen LogP contribution in [0.3, 0.4) is 0 Å². The zero-order valence-electron chi connectivity index (χ0n) is 16.1. The maximum atomic E-state index is 11.2. The molecular formula is C23H23N3O3. The number of benzene rings is 1. The van der Waals surface area contributed by atoms with Gasteiger partial charge in [0.2, 0.25) is 0 Å². The van der Waals surface area contributed by atoms with Crippen molar-refractivity contribution in [3.63, 3.8) is 0 Å². The highest BCUT2D eigenvalue weighted by Gasteiger charge is 2.36. The van der Waals surface area contributed by atoms with Gasteiger partial charge in [0.15, 0.2) is 0 Å². The summed E-state index contributed by atoms with van der Waals surface area (Å²) in [6.45, 7) is 1.52. The van der Waals surface area contributed by atoms with Gasteiger partial charge in [-0.25, -0.2) is 0 Å². The fourth-order valence-electron chi connectivity index (χ4n) is 4.51. The molecule has 0 amide bonds. The molecule has 1 aliphatic carbocycles. The van der Waals surface area contributed by atoms with Gasteiger partial charge in [-0.2, -0.15) is 4.91 Å². The molecule has 29 heavy (non-hydrogen) atoms. The van der Waals surface area contributed by atoms with Crippen LogP contribution >= 0.6 is 0 Å². The van der Waals surface area contributed by atoms with Crippen LogP contribution < -0.4 is 5.32 Å². The van der Waals surface area contributed by atoms with E-state index in [1.807, 2.05) is 30.3 Å². The number of aryl methyl sites for hydroxylation is 1. The molecule has 3 heterocycles. The van der Waals surface area contributed by atoms with E-state index in [4.69, 9.17) is 4.42 Å². The standard InChI is InChI=1S/C23H23N3O3/c27-23(7-11-25-12-8-23)21-14-19(22(29-21)15-5-9-24-10-6-15)17-1-3-18-16(13-17)2-4-20(18)26-28/h1,3,5-6,9-10,13-14,20,25,27H,2,4,7-8,11-12H2. The summed E-state index contributed by atoms with van der Waals surface area (Å²) in [6.07, 6.45) is 6.33. The van der Waals surface area contributed by atoms with E-state index < -0.39 is 5.60 Å². The molecule has 2 aliphatic rings. The number of hydrogen-bond acceptors (Lipinski definition) is 6. The molecule has 5 rings (SSSR count). The quantitative estimate of drug-likeness (QED) is 0.649. The van der Waals surface area contributed by atoms with E-state index in [0.29, 0.717) is 18.6 Å². The van der Waals surface area contributed by atoms with E-state index in [9.17, 15) is 10.0 Å². The van der Waals surface area contributed by atoms with Crippen molar-refractivity contribution in [3.8, 4) is 22.5 Å². The number of hydrogen-bond donors (Lipinski definition) is 2. The lowest BCUT2D eigenvalue weighted by atomic mass is 9.89. The van der Waals surface area contributed by atoms with Crippen LogP contribution in [0.5, 0.6) is 0 Å². The van der Waals surface area contributed by atoms with Gasteiger partial charge in [0.1, 0.15) is 23.2 Å². The first-order valence-electron chi connectivity index (χ1n) is 10.1. The summed E-state index contributed by atoms with van der Waals surface area (Å²) in [5, 5.41) is 17.7. The molecule has 148 valence electrons. The van der Waals surface area contributed by atoms with Crippen molar-refractivity contribution >= 4 is 0 Å². The smallest absolute Gasteiger partial charge is 0.142 e. The van der Waals surface area contributed by atoms with Gasteiger partial charge in [-0.05, 0) is 73.7 Å². The molecule has 3 aromatic rings. The molecule has 0 saturated carbocycles. The molecule has 1 fully saturated rings. The van der Waals surface area contributed by atoms with Crippen molar-refractivity contribution in [3.05, 3.63) is 70.6 Å². The Morgan fingerprint density at radius 2 is 1.90 bits per heavy atom. The van der Waals surface area contributed by atoms with E-state index in [2.05, 4.69) is 21.5 Å². The minimum atomic E-state index is -0.964. The lowest BCUT2D eigenvalue weighted by molar-refractivity contribution is -0.0132. The second kappa shape index (κ2) is 7.21. The van der Waals surface area contributed by atoms with Crippen LogP contribution in [-0.4, -0.2) is 23.2 Å². The van der Waals surface area contributed by atoms with E-state index >= 15 is 0 Å².